The van der Waals surface area contributed by atoms with Crippen molar-refractivity contribution in [3.63, 3.8) is 0 Å². The standard InChI is InChI=1S/C25H27F5N4O2/c1-11(12-4-3-5-13(21(12)26)23(27)28)31-25(36)17-10-34(19-6-14(19)24(29)30)20(35)7-18(17)32-22-15-8-33(2)9-16(15)22/h3-5,7,10-11,14-16,19,22-24,32H,6,8-9H2,1-2H3,(H,31,36)/t11-,14-,15-,16+,19-,22?/m1/s1. The molecule has 1 aromatic carbocycles. The zero-order chi connectivity index (χ0) is 25.9. The van der Waals surface area contributed by atoms with Crippen molar-refractivity contribution < 1.29 is 26.7 Å². The van der Waals surface area contributed by atoms with Crippen LogP contribution >= 0.6 is 0 Å². The summed E-state index contributed by atoms with van der Waals surface area (Å²) in [6.07, 6.45) is -4.18. The number of rotatable bonds is 8. The van der Waals surface area contributed by atoms with E-state index in [1.165, 1.54) is 31.3 Å². The van der Waals surface area contributed by atoms with Crippen molar-refractivity contribution in [3.05, 3.63) is 63.3 Å². The molecule has 2 heterocycles. The predicted octanol–water partition coefficient (Wildman–Crippen LogP) is 4.21. The largest absolute Gasteiger partial charge is 0.381 e. The summed E-state index contributed by atoms with van der Waals surface area (Å²) < 4.78 is 68.4. The van der Waals surface area contributed by atoms with Gasteiger partial charge < -0.3 is 20.1 Å². The fraction of sp³-hybridized carbons (Fsp3) is 0.520. The first-order valence-electron chi connectivity index (χ1n) is 11.9. The Morgan fingerprint density at radius 2 is 1.78 bits per heavy atom. The van der Waals surface area contributed by atoms with Crippen molar-refractivity contribution >= 4 is 11.6 Å². The van der Waals surface area contributed by atoms with Gasteiger partial charge in [0, 0.05) is 48.9 Å². The van der Waals surface area contributed by atoms with Crippen molar-refractivity contribution in [1.82, 2.24) is 14.8 Å². The highest BCUT2D eigenvalue weighted by Gasteiger charge is 2.55. The van der Waals surface area contributed by atoms with Crippen LogP contribution in [0.15, 0.2) is 35.3 Å². The first kappa shape index (κ1) is 24.7. The molecule has 194 valence electrons. The number of anilines is 1. The number of halogens is 5. The Labute approximate surface area is 204 Å². The van der Waals surface area contributed by atoms with Gasteiger partial charge in [0.2, 0.25) is 6.43 Å². The molecule has 6 nitrogen and oxygen atoms in total. The van der Waals surface area contributed by atoms with E-state index in [1.807, 2.05) is 7.05 Å². The summed E-state index contributed by atoms with van der Waals surface area (Å²) in [6, 6.07) is 3.24. The smallest absolute Gasteiger partial charge is 0.266 e. The first-order chi connectivity index (χ1) is 17.1. The van der Waals surface area contributed by atoms with Crippen LogP contribution in [0.1, 0.15) is 53.3 Å². The summed E-state index contributed by atoms with van der Waals surface area (Å²) in [7, 11) is 2.02. The highest BCUT2D eigenvalue weighted by molar-refractivity contribution is 5.99. The van der Waals surface area contributed by atoms with E-state index in [-0.39, 0.29) is 29.3 Å². The quantitative estimate of drug-likeness (QED) is 0.523. The molecular weight excluding hydrogens is 483 g/mol. The van der Waals surface area contributed by atoms with Gasteiger partial charge in [-0.25, -0.2) is 22.0 Å². The van der Waals surface area contributed by atoms with Gasteiger partial charge in [-0.05, 0) is 32.2 Å². The lowest BCUT2D eigenvalue weighted by Crippen LogP contribution is -2.32. The van der Waals surface area contributed by atoms with Gasteiger partial charge in [-0.2, -0.15) is 0 Å². The van der Waals surface area contributed by atoms with E-state index in [9.17, 15) is 31.5 Å². The average molecular weight is 511 g/mol. The van der Waals surface area contributed by atoms with Crippen LogP contribution in [0.4, 0.5) is 27.6 Å². The molecular formula is C25H27F5N4O2. The fourth-order valence-electron chi connectivity index (χ4n) is 5.45. The Bertz CT molecular complexity index is 1220. The zero-order valence-electron chi connectivity index (χ0n) is 19.7. The van der Waals surface area contributed by atoms with Crippen LogP contribution in [0, 0.1) is 23.6 Å². The maximum atomic E-state index is 14.6. The summed E-state index contributed by atoms with van der Waals surface area (Å²) >= 11 is 0. The molecule has 0 radical (unpaired) electrons. The molecule has 0 bridgehead atoms. The second kappa shape index (κ2) is 9.17. The van der Waals surface area contributed by atoms with Crippen molar-refractivity contribution in [3.8, 4) is 0 Å². The van der Waals surface area contributed by atoms with E-state index in [2.05, 4.69) is 15.5 Å². The maximum Gasteiger partial charge on any atom is 0.266 e. The Morgan fingerprint density at radius 3 is 2.39 bits per heavy atom. The third-order valence-electron chi connectivity index (χ3n) is 7.62. The SMILES string of the molecule is C[C@@H](NC(=O)c1cn([C@@H]2C[C@H]2C(F)F)c(=O)cc1NC1[C@H]2CN(C)C[C@@H]12)c1cccc(C(F)F)c1F. The Hall–Kier alpha value is -2.95. The lowest BCUT2D eigenvalue weighted by atomic mass is 10.0. The molecule has 3 fully saturated rings. The normalized spacial score (nSPS) is 27.8. The van der Waals surface area contributed by atoms with Gasteiger partial charge in [0.1, 0.15) is 5.82 Å². The Balaban J connectivity index is 1.42. The number of piperidine rings is 1. The number of carbonyl (C=O) groups excluding carboxylic acids is 1. The molecule has 2 aliphatic carbocycles. The molecule has 36 heavy (non-hydrogen) atoms. The van der Waals surface area contributed by atoms with Crippen molar-refractivity contribution in [2.45, 2.75) is 44.3 Å². The van der Waals surface area contributed by atoms with E-state index in [0.29, 0.717) is 11.8 Å². The number of nitrogens with one attached hydrogen (secondary N) is 2. The van der Waals surface area contributed by atoms with E-state index in [1.54, 1.807) is 0 Å². The second-order valence-corrected chi connectivity index (χ2v) is 10.1. The van der Waals surface area contributed by atoms with Gasteiger partial charge in [-0.1, -0.05) is 18.2 Å². The second-order valence-electron chi connectivity index (χ2n) is 10.1. The number of aromatic nitrogens is 1. The minimum absolute atomic E-state index is 0.0603. The summed E-state index contributed by atoms with van der Waals surface area (Å²) in [5.74, 6) is -1.97. The predicted molar refractivity (Wildman–Crippen MR) is 123 cm³/mol. The molecule has 2 saturated carbocycles. The summed E-state index contributed by atoms with van der Waals surface area (Å²) in [5.41, 5.74) is -1.02. The fourth-order valence-corrected chi connectivity index (χ4v) is 5.45. The number of amides is 1. The molecule has 0 spiro atoms. The number of carbonyl (C=O) groups is 1. The third-order valence-corrected chi connectivity index (χ3v) is 7.62. The molecule has 3 aliphatic rings. The highest BCUT2D eigenvalue weighted by Crippen LogP contribution is 2.48. The van der Waals surface area contributed by atoms with E-state index in [4.69, 9.17) is 0 Å². The van der Waals surface area contributed by atoms with Crippen LogP contribution in [-0.2, 0) is 0 Å². The van der Waals surface area contributed by atoms with E-state index in [0.717, 1.165) is 23.7 Å². The van der Waals surface area contributed by atoms with E-state index < -0.39 is 53.7 Å². The van der Waals surface area contributed by atoms with Crippen molar-refractivity contribution in [2.75, 3.05) is 25.5 Å². The maximum absolute atomic E-state index is 14.6. The molecule has 2 aromatic rings. The lowest BCUT2D eigenvalue weighted by Gasteiger charge is -2.20. The van der Waals surface area contributed by atoms with E-state index >= 15 is 0 Å². The number of likely N-dealkylation sites (tertiary alicyclic amines) is 1. The Morgan fingerprint density at radius 1 is 1.11 bits per heavy atom. The topological polar surface area (TPSA) is 66.4 Å². The van der Waals surface area contributed by atoms with Gasteiger partial charge in [-0.15, -0.1) is 0 Å². The highest BCUT2D eigenvalue weighted by atomic mass is 19.3. The summed E-state index contributed by atoms with van der Waals surface area (Å²) in [4.78, 5) is 28.3. The number of nitrogens with zero attached hydrogens (tertiary/aromatic N) is 2. The summed E-state index contributed by atoms with van der Waals surface area (Å²) in [6.45, 7) is 3.23. The first-order valence-corrected chi connectivity index (χ1v) is 11.9. The number of fused-ring (bicyclic) bond motifs is 1. The molecule has 1 unspecified atom stereocenters. The van der Waals surface area contributed by atoms with Crippen molar-refractivity contribution in [2.24, 2.45) is 17.8 Å². The molecule has 5 rings (SSSR count). The van der Waals surface area contributed by atoms with Gasteiger partial charge in [0.15, 0.2) is 0 Å². The van der Waals surface area contributed by atoms with Gasteiger partial charge in [-0.3, -0.25) is 9.59 Å². The summed E-state index contributed by atoms with van der Waals surface area (Å²) in [5, 5.41) is 5.89. The number of hydrogen-bond acceptors (Lipinski definition) is 4. The van der Waals surface area contributed by atoms with Crippen LogP contribution in [-0.4, -0.2) is 48.0 Å². The third kappa shape index (κ3) is 4.49. The van der Waals surface area contributed by atoms with Crippen molar-refractivity contribution in [1.29, 1.82) is 0 Å². The minimum atomic E-state index is -3.01. The average Bonchev–Trinajstić information content (AvgIpc) is 3.68. The van der Waals surface area contributed by atoms with Gasteiger partial charge in [0.05, 0.1) is 22.9 Å². The molecule has 11 heteroatoms. The van der Waals surface area contributed by atoms with Crippen LogP contribution < -0.4 is 16.2 Å². The molecule has 2 N–H and O–H groups in total. The van der Waals surface area contributed by atoms with Crippen LogP contribution in [0.25, 0.3) is 0 Å². The van der Waals surface area contributed by atoms with Crippen LogP contribution in [0.3, 0.4) is 0 Å². The number of alkyl halides is 4. The van der Waals surface area contributed by atoms with Crippen LogP contribution in [0.5, 0.6) is 0 Å². The molecule has 1 amide bonds. The number of benzene rings is 1. The molecule has 1 aliphatic heterocycles. The lowest BCUT2D eigenvalue weighted by molar-refractivity contribution is 0.0939. The van der Waals surface area contributed by atoms with Crippen LogP contribution in [0.2, 0.25) is 0 Å². The Kier molecular flexibility index (Phi) is 6.30. The molecule has 1 aromatic heterocycles. The van der Waals surface area contributed by atoms with Gasteiger partial charge >= 0.3 is 0 Å². The molecule has 6 atom stereocenters. The monoisotopic (exact) mass is 510 g/mol. The van der Waals surface area contributed by atoms with Gasteiger partial charge in [0.25, 0.3) is 17.9 Å². The molecule has 1 saturated heterocycles. The number of hydrogen-bond donors (Lipinski definition) is 2. The minimum Gasteiger partial charge on any atom is -0.381 e. The number of pyridine rings is 1. The zero-order valence-corrected chi connectivity index (χ0v) is 19.7.